The number of ether oxygens (including phenoxy) is 1. The van der Waals surface area contributed by atoms with Gasteiger partial charge >= 0.3 is 5.97 Å². The zero-order valence-corrected chi connectivity index (χ0v) is 19.6. The maximum atomic E-state index is 13.4. The Balaban J connectivity index is 1.99. The van der Waals surface area contributed by atoms with Gasteiger partial charge in [0.05, 0.1) is 29.0 Å². The molecule has 1 atom stereocenters. The molecule has 0 unspecified atom stereocenters. The van der Waals surface area contributed by atoms with E-state index >= 15 is 0 Å². The van der Waals surface area contributed by atoms with Crippen molar-refractivity contribution in [1.29, 1.82) is 0 Å². The van der Waals surface area contributed by atoms with Gasteiger partial charge in [-0.3, -0.25) is 9.36 Å². The topological polar surface area (TPSA) is 80.9 Å². The molecule has 3 aromatic rings. The summed E-state index contributed by atoms with van der Waals surface area (Å²) in [5.41, 5.74) is 1.64. The lowest BCUT2D eigenvalue weighted by molar-refractivity contribution is -0.136. The standard InChI is InChI=1S/C22H16BrClN2O4S/c1-11-18(21(29)30-2)19(12-3-6-15(24)7-4-12)26-20(28)17(31-22(26)25-11)10-13-9-14(23)5-8-16(13)27/h3-10,19,27H,1-2H3/b17-10-/t19-/m1/s1. The number of allylic oxidation sites excluding steroid dienone is 1. The number of halogens is 2. The molecule has 1 aliphatic rings. The van der Waals surface area contributed by atoms with Crippen LogP contribution in [-0.4, -0.2) is 22.8 Å². The van der Waals surface area contributed by atoms with Gasteiger partial charge in [-0.25, -0.2) is 9.79 Å². The quantitative estimate of drug-likeness (QED) is 0.537. The highest BCUT2D eigenvalue weighted by Crippen LogP contribution is 2.31. The highest BCUT2D eigenvalue weighted by atomic mass is 79.9. The number of aromatic hydroxyl groups is 1. The third-order valence-electron chi connectivity index (χ3n) is 4.89. The highest BCUT2D eigenvalue weighted by molar-refractivity contribution is 9.10. The molecule has 0 saturated carbocycles. The summed E-state index contributed by atoms with van der Waals surface area (Å²) in [6.07, 6.45) is 1.61. The van der Waals surface area contributed by atoms with Crippen molar-refractivity contribution in [2.75, 3.05) is 7.11 Å². The largest absolute Gasteiger partial charge is 0.507 e. The molecule has 1 aliphatic heterocycles. The molecule has 2 heterocycles. The van der Waals surface area contributed by atoms with Crippen LogP contribution in [0, 0.1) is 0 Å². The molecule has 0 fully saturated rings. The van der Waals surface area contributed by atoms with Crippen LogP contribution in [0.5, 0.6) is 5.75 Å². The van der Waals surface area contributed by atoms with E-state index in [1.807, 2.05) is 0 Å². The number of carbonyl (C=O) groups excluding carboxylic acids is 1. The van der Waals surface area contributed by atoms with Gasteiger partial charge in [0, 0.05) is 15.1 Å². The van der Waals surface area contributed by atoms with Gasteiger partial charge in [-0.05, 0) is 48.9 Å². The van der Waals surface area contributed by atoms with Crippen LogP contribution in [0.15, 0.2) is 68.0 Å². The van der Waals surface area contributed by atoms with E-state index in [4.69, 9.17) is 16.3 Å². The van der Waals surface area contributed by atoms with Crippen LogP contribution in [0.25, 0.3) is 6.08 Å². The summed E-state index contributed by atoms with van der Waals surface area (Å²) in [5, 5.41) is 10.7. The molecule has 2 aromatic carbocycles. The van der Waals surface area contributed by atoms with E-state index in [0.717, 1.165) is 4.47 Å². The summed E-state index contributed by atoms with van der Waals surface area (Å²) in [4.78, 5) is 31.0. The predicted molar refractivity (Wildman–Crippen MR) is 123 cm³/mol. The first kappa shape index (κ1) is 21.5. The fraction of sp³-hybridized carbons (Fsp3) is 0.136. The second-order valence-corrected chi connectivity index (χ2v) is 9.19. The van der Waals surface area contributed by atoms with E-state index in [1.54, 1.807) is 55.5 Å². The highest BCUT2D eigenvalue weighted by Gasteiger charge is 2.33. The number of hydrogen-bond acceptors (Lipinski definition) is 6. The maximum Gasteiger partial charge on any atom is 0.338 e. The van der Waals surface area contributed by atoms with Crippen molar-refractivity contribution in [1.82, 2.24) is 4.57 Å². The van der Waals surface area contributed by atoms with Crippen molar-refractivity contribution in [2.45, 2.75) is 13.0 Å². The van der Waals surface area contributed by atoms with Gasteiger partial charge in [0.2, 0.25) is 0 Å². The second-order valence-electron chi connectivity index (χ2n) is 6.83. The van der Waals surface area contributed by atoms with Crippen LogP contribution in [-0.2, 0) is 9.53 Å². The van der Waals surface area contributed by atoms with E-state index in [9.17, 15) is 14.7 Å². The molecular formula is C22H16BrClN2O4S. The van der Waals surface area contributed by atoms with Gasteiger partial charge in [0.15, 0.2) is 4.80 Å². The van der Waals surface area contributed by atoms with E-state index in [-0.39, 0.29) is 16.9 Å². The van der Waals surface area contributed by atoms with Crippen LogP contribution in [0.3, 0.4) is 0 Å². The molecule has 1 N–H and O–H groups in total. The maximum absolute atomic E-state index is 13.4. The molecule has 0 amide bonds. The average molecular weight is 520 g/mol. The Bertz CT molecular complexity index is 1410. The number of benzene rings is 2. The SMILES string of the molecule is COC(=O)C1=C(C)N=c2s/c(=C\c3cc(Br)ccc3O)c(=O)n2[C@@H]1c1ccc(Cl)cc1. The number of carbonyl (C=O) groups is 1. The monoisotopic (exact) mass is 518 g/mol. The lowest BCUT2D eigenvalue weighted by Crippen LogP contribution is -2.39. The number of phenolic OH excluding ortho intramolecular Hbond substituents is 1. The van der Waals surface area contributed by atoms with Crippen molar-refractivity contribution in [3.8, 4) is 5.75 Å². The van der Waals surface area contributed by atoms with E-state index in [2.05, 4.69) is 20.9 Å². The predicted octanol–water partition coefficient (Wildman–Crippen LogP) is 3.53. The van der Waals surface area contributed by atoms with Gasteiger partial charge < -0.3 is 9.84 Å². The lowest BCUT2D eigenvalue weighted by atomic mass is 9.96. The Kier molecular flexibility index (Phi) is 5.88. The number of nitrogens with zero attached hydrogens (tertiary/aromatic N) is 2. The number of methoxy groups -OCH3 is 1. The molecule has 9 heteroatoms. The summed E-state index contributed by atoms with van der Waals surface area (Å²) >= 11 is 10.6. The molecule has 0 saturated heterocycles. The van der Waals surface area contributed by atoms with E-state index in [1.165, 1.54) is 23.0 Å². The van der Waals surface area contributed by atoms with Crippen molar-refractivity contribution in [3.05, 3.63) is 94.0 Å². The lowest BCUT2D eigenvalue weighted by Gasteiger charge is -2.24. The fourth-order valence-electron chi connectivity index (χ4n) is 3.44. The van der Waals surface area contributed by atoms with Crippen LogP contribution >= 0.6 is 38.9 Å². The third kappa shape index (κ3) is 3.98. The second kappa shape index (κ2) is 8.45. The summed E-state index contributed by atoms with van der Waals surface area (Å²) in [7, 11) is 1.29. The Morgan fingerprint density at radius 2 is 2.00 bits per heavy atom. The fourth-order valence-corrected chi connectivity index (χ4v) is 4.98. The zero-order valence-electron chi connectivity index (χ0n) is 16.4. The molecule has 0 aliphatic carbocycles. The third-order valence-corrected chi connectivity index (χ3v) is 6.62. The first-order valence-electron chi connectivity index (χ1n) is 9.15. The molecule has 4 rings (SSSR count). The van der Waals surface area contributed by atoms with Gasteiger partial charge in [0.25, 0.3) is 5.56 Å². The Morgan fingerprint density at radius 1 is 1.29 bits per heavy atom. The van der Waals surface area contributed by atoms with Crippen LogP contribution in [0.4, 0.5) is 0 Å². The number of aromatic nitrogens is 1. The van der Waals surface area contributed by atoms with Gasteiger partial charge in [0.1, 0.15) is 5.75 Å². The molecule has 0 bridgehead atoms. The van der Waals surface area contributed by atoms with Crippen molar-refractivity contribution in [2.24, 2.45) is 4.99 Å². The number of fused-ring (bicyclic) bond motifs is 1. The van der Waals surface area contributed by atoms with Crippen molar-refractivity contribution < 1.29 is 14.6 Å². The zero-order chi connectivity index (χ0) is 22.3. The summed E-state index contributed by atoms with van der Waals surface area (Å²) in [6.45, 7) is 1.71. The van der Waals surface area contributed by atoms with Crippen LogP contribution < -0.4 is 14.9 Å². The Labute approximate surface area is 194 Å². The van der Waals surface area contributed by atoms with Gasteiger partial charge in [-0.1, -0.05) is 51.0 Å². The number of esters is 1. The number of hydrogen-bond donors (Lipinski definition) is 1. The minimum atomic E-state index is -0.709. The van der Waals surface area contributed by atoms with Crippen molar-refractivity contribution >= 4 is 50.9 Å². The minimum Gasteiger partial charge on any atom is -0.507 e. The Hall–Kier alpha value is -2.68. The van der Waals surface area contributed by atoms with Crippen molar-refractivity contribution in [3.63, 3.8) is 0 Å². The molecule has 1 aromatic heterocycles. The number of thiazole rings is 1. The molecule has 0 spiro atoms. The first-order chi connectivity index (χ1) is 14.8. The van der Waals surface area contributed by atoms with Crippen LogP contribution in [0.2, 0.25) is 5.02 Å². The summed E-state index contributed by atoms with van der Waals surface area (Å²) in [5.74, 6) is -0.505. The molecular weight excluding hydrogens is 504 g/mol. The number of phenols is 1. The Morgan fingerprint density at radius 3 is 2.68 bits per heavy atom. The smallest absolute Gasteiger partial charge is 0.338 e. The summed E-state index contributed by atoms with van der Waals surface area (Å²) < 4.78 is 7.61. The normalized spacial score (nSPS) is 16.1. The average Bonchev–Trinajstić information content (AvgIpc) is 3.04. The van der Waals surface area contributed by atoms with Crippen LogP contribution in [0.1, 0.15) is 24.1 Å². The van der Waals surface area contributed by atoms with E-state index in [0.29, 0.717) is 31.2 Å². The molecule has 31 heavy (non-hydrogen) atoms. The number of rotatable bonds is 3. The van der Waals surface area contributed by atoms with Gasteiger partial charge in [-0.15, -0.1) is 0 Å². The molecule has 6 nitrogen and oxygen atoms in total. The molecule has 0 radical (unpaired) electrons. The van der Waals surface area contributed by atoms with Gasteiger partial charge in [-0.2, -0.15) is 0 Å². The first-order valence-corrected chi connectivity index (χ1v) is 11.1. The molecule has 158 valence electrons. The minimum absolute atomic E-state index is 0.0507. The van der Waals surface area contributed by atoms with E-state index < -0.39 is 12.0 Å². The summed E-state index contributed by atoms with van der Waals surface area (Å²) in [6, 6.07) is 11.2.